The van der Waals surface area contributed by atoms with Gasteiger partial charge in [-0.05, 0) is 75.7 Å². The molecule has 158 valence electrons. The van der Waals surface area contributed by atoms with Gasteiger partial charge < -0.3 is 4.90 Å². The van der Waals surface area contributed by atoms with Crippen LogP contribution in [0.2, 0.25) is 5.02 Å². The minimum absolute atomic E-state index is 0.251. The zero-order valence-electron chi connectivity index (χ0n) is 17.2. The van der Waals surface area contributed by atoms with E-state index < -0.39 is 23.1 Å². The van der Waals surface area contributed by atoms with Gasteiger partial charge in [-0.15, -0.1) is 0 Å². The molecule has 1 spiro atoms. The number of hydrogen-bond donors (Lipinski definition) is 0. The predicted molar refractivity (Wildman–Crippen MR) is 116 cm³/mol. The zero-order valence-corrected chi connectivity index (χ0v) is 18.0. The van der Waals surface area contributed by atoms with Gasteiger partial charge in [0, 0.05) is 29.2 Å². The second kappa shape index (κ2) is 8.12. The third kappa shape index (κ3) is 3.77. The number of nitrogens with zero attached hydrogens (tertiary/aromatic N) is 2. The van der Waals surface area contributed by atoms with Crippen LogP contribution in [0.4, 0.5) is 14.5 Å². The van der Waals surface area contributed by atoms with Crippen LogP contribution in [0.3, 0.4) is 0 Å². The minimum Gasteiger partial charge on any atom is -0.307 e. The van der Waals surface area contributed by atoms with Crippen LogP contribution in [0.1, 0.15) is 42.6 Å². The number of piperidine rings is 1. The maximum atomic E-state index is 14.3. The fourth-order valence-corrected chi connectivity index (χ4v) is 4.73. The predicted octanol–water partition coefficient (Wildman–Crippen LogP) is 5.58. The first-order chi connectivity index (χ1) is 14.3. The number of rotatable bonds is 3. The van der Waals surface area contributed by atoms with Crippen LogP contribution in [0.5, 0.6) is 0 Å². The summed E-state index contributed by atoms with van der Waals surface area (Å²) >= 11 is 6.29. The number of likely N-dealkylation sites (tertiary alicyclic amines) is 1. The molecular weight excluding hydrogens is 406 g/mol. The topological polar surface area (TPSA) is 23.6 Å². The highest BCUT2D eigenvalue weighted by molar-refractivity contribution is 6.30. The summed E-state index contributed by atoms with van der Waals surface area (Å²) in [5.74, 6) is -2.32. The lowest BCUT2D eigenvalue weighted by Gasteiger charge is -2.39. The molecule has 2 aromatic rings. The number of halogens is 3. The van der Waals surface area contributed by atoms with Crippen molar-refractivity contribution in [2.75, 3.05) is 31.1 Å². The second-order valence-corrected chi connectivity index (χ2v) is 8.95. The van der Waals surface area contributed by atoms with Crippen molar-refractivity contribution in [3.05, 3.63) is 75.8 Å². The van der Waals surface area contributed by atoms with Crippen LogP contribution in [0.25, 0.3) is 0 Å². The van der Waals surface area contributed by atoms with Gasteiger partial charge in [-0.2, -0.15) is 0 Å². The summed E-state index contributed by atoms with van der Waals surface area (Å²) in [6, 6.07) is 8.93. The first-order valence-electron chi connectivity index (χ1n) is 10.2. The summed E-state index contributed by atoms with van der Waals surface area (Å²) < 4.78 is 28.6. The Kier molecular flexibility index (Phi) is 5.69. The number of amides is 1. The van der Waals surface area contributed by atoms with E-state index in [0.29, 0.717) is 17.3 Å². The van der Waals surface area contributed by atoms with Crippen LogP contribution < -0.4 is 4.90 Å². The van der Waals surface area contributed by atoms with Gasteiger partial charge in [-0.3, -0.25) is 9.69 Å². The van der Waals surface area contributed by atoms with Crippen LogP contribution in [-0.4, -0.2) is 37.0 Å². The number of hydrogen-bond acceptors (Lipinski definition) is 2. The summed E-state index contributed by atoms with van der Waals surface area (Å²) in [4.78, 5) is 17.1. The Balaban J connectivity index is 1.66. The standard InChI is InChI=1S/C24H25ClF2N2O/c1-16(2)8-11-28-12-9-24(10-13-28)15-29(21-7-6-17(25)14-18(21)24)23(30)22-19(26)4-3-5-20(22)27/h3-8,14H,9-13,15H2,1-2H3. The molecule has 30 heavy (non-hydrogen) atoms. The Hall–Kier alpha value is -2.24. The Morgan fingerprint density at radius 2 is 1.80 bits per heavy atom. The highest BCUT2D eigenvalue weighted by atomic mass is 35.5. The Morgan fingerprint density at radius 3 is 2.43 bits per heavy atom. The van der Waals surface area contributed by atoms with E-state index in [1.807, 2.05) is 6.07 Å². The van der Waals surface area contributed by atoms with E-state index in [0.717, 1.165) is 50.2 Å². The van der Waals surface area contributed by atoms with Crippen molar-refractivity contribution >= 4 is 23.2 Å². The molecule has 0 bridgehead atoms. The molecule has 6 heteroatoms. The Morgan fingerprint density at radius 1 is 1.13 bits per heavy atom. The van der Waals surface area contributed by atoms with E-state index in [4.69, 9.17) is 11.6 Å². The molecule has 1 fully saturated rings. The zero-order chi connectivity index (χ0) is 21.5. The van der Waals surface area contributed by atoms with Crippen molar-refractivity contribution in [2.45, 2.75) is 32.1 Å². The molecule has 2 aliphatic rings. The molecule has 3 nitrogen and oxygen atoms in total. The van der Waals surface area contributed by atoms with Gasteiger partial charge in [-0.25, -0.2) is 8.78 Å². The summed E-state index contributed by atoms with van der Waals surface area (Å²) in [7, 11) is 0. The van der Waals surface area contributed by atoms with E-state index in [2.05, 4.69) is 24.8 Å². The van der Waals surface area contributed by atoms with Crippen LogP contribution in [0.15, 0.2) is 48.0 Å². The third-order valence-corrected chi connectivity index (χ3v) is 6.51. The highest BCUT2D eigenvalue weighted by Gasteiger charge is 2.47. The first kappa shape index (κ1) is 21.0. The summed E-state index contributed by atoms with van der Waals surface area (Å²) in [6.07, 6.45) is 3.94. The number of allylic oxidation sites excluding steroid dienone is 1. The minimum atomic E-state index is -0.840. The quantitative estimate of drug-likeness (QED) is 0.593. The monoisotopic (exact) mass is 430 g/mol. The fourth-order valence-electron chi connectivity index (χ4n) is 4.56. The van der Waals surface area contributed by atoms with Gasteiger partial charge >= 0.3 is 0 Å². The molecule has 0 atom stereocenters. The lowest BCUT2D eigenvalue weighted by molar-refractivity contribution is 0.0969. The van der Waals surface area contributed by atoms with E-state index in [9.17, 15) is 13.6 Å². The normalized spacial score (nSPS) is 17.8. The van der Waals surface area contributed by atoms with Gasteiger partial charge in [0.15, 0.2) is 0 Å². The number of anilines is 1. The molecule has 0 aliphatic carbocycles. The molecule has 2 aromatic carbocycles. The van der Waals surface area contributed by atoms with Gasteiger partial charge in [0.25, 0.3) is 5.91 Å². The maximum absolute atomic E-state index is 14.3. The third-order valence-electron chi connectivity index (χ3n) is 6.27. The van der Waals surface area contributed by atoms with Crippen molar-refractivity contribution in [3.8, 4) is 0 Å². The summed E-state index contributed by atoms with van der Waals surface area (Å²) in [5, 5.41) is 0.603. The van der Waals surface area contributed by atoms with Crippen LogP contribution in [0, 0.1) is 11.6 Å². The molecule has 1 amide bonds. The van der Waals surface area contributed by atoms with Gasteiger partial charge in [0.1, 0.15) is 17.2 Å². The largest absolute Gasteiger partial charge is 0.307 e. The van der Waals surface area contributed by atoms with E-state index >= 15 is 0 Å². The molecule has 2 aliphatic heterocycles. The molecule has 0 radical (unpaired) electrons. The molecule has 2 heterocycles. The van der Waals surface area contributed by atoms with E-state index in [1.54, 1.807) is 12.1 Å². The molecule has 1 saturated heterocycles. The molecule has 0 aromatic heterocycles. The van der Waals surface area contributed by atoms with E-state index in [-0.39, 0.29) is 5.41 Å². The highest BCUT2D eigenvalue weighted by Crippen LogP contribution is 2.48. The van der Waals surface area contributed by atoms with Gasteiger partial charge in [-0.1, -0.05) is 29.3 Å². The fraction of sp³-hybridized carbons (Fsp3) is 0.375. The first-order valence-corrected chi connectivity index (χ1v) is 10.6. The SMILES string of the molecule is CC(C)=CCN1CCC2(CC1)CN(C(=O)c1c(F)cccc1F)c1ccc(Cl)cc12. The van der Waals surface area contributed by atoms with Gasteiger partial charge in [0.05, 0.1) is 0 Å². The molecule has 4 rings (SSSR count). The van der Waals surface area contributed by atoms with Crippen molar-refractivity contribution in [3.63, 3.8) is 0 Å². The average Bonchev–Trinajstić information content (AvgIpc) is 3.01. The van der Waals surface area contributed by atoms with E-state index in [1.165, 1.54) is 16.5 Å². The molecule has 0 unspecified atom stereocenters. The van der Waals surface area contributed by atoms with Gasteiger partial charge in [0.2, 0.25) is 0 Å². The lowest BCUT2D eigenvalue weighted by atomic mass is 9.74. The number of benzene rings is 2. The number of carbonyl (C=O) groups excluding carboxylic acids is 1. The van der Waals surface area contributed by atoms with Crippen molar-refractivity contribution in [1.29, 1.82) is 0 Å². The van der Waals surface area contributed by atoms with Crippen molar-refractivity contribution < 1.29 is 13.6 Å². The summed E-state index contributed by atoms with van der Waals surface area (Å²) in [6.45, 7) is 7.28. The Labute approximate surface area is 180 Å². The smallest absolute Gasteiger partial charge is 0.264 e. The van der Waals surface area contributed by atoms with Crippen LogP contribution >= 0.6 is 11.6 Å². The lowest BCUT2D eigenvalue weighted by Crippen LogP contribution is -2.46. The van der Waals surface area contributed by atoms with Crippen molar-refractivity contribution in [1.82, 2.24) is 4.90 Å². The molecular formula is C24H25ClF2N2O. The number of carbonyl (C=O) groups is 1. The van der Waals surface area contributed by atoms with Crippen molar-refractivity contribution in [2.24, 2.45) is 0 Å². The summed E-state index contributed by atoms with van der Waals surface area (Å²) in [5.41, 5.74) is 2.24. The number of fused-ring (bicyclic) bond motifs is 2. The average molecular weight is 431 g/mol. The molecule has 0 N–H and O–H groups in total. The second-order valence-electron chi connectivity index (χ2n) is 8.51. The Bertz CT molecular complexity index is 988. The molecule has 0 saturated carbocycles. The maximum Gasteiger partial charge on any atom is 0.264 e. The van der Waals surface area contributed by atoms with Crippen LogP contribution in [-0.2, 0) is 5.41 Å².